The Kier molecular flexibility index (Phi) is 3.22. The van der Waals surface area contributed by atoms with E-state index in [-0.39, 0.29) is 11.4 Å². The van der Waals surface area contributed by atoms with Gasteiger partial charge in [0, 0.05) is 10.9 Å². The Morgan fingerprint density at radius 2 is 2.24 bits per heavy atom. The van der Waals surface area contributed by atoms with Gasteiger partial charge < -0.3 is 5.11 Å². The van der Waals surface area contributed by atoms with Gasteiger partial charge in [0.25, 0.3) is 0 Å². The number of aromatic carboxylic acids is 1. The van der Waals surface area contributed by atoms with E-state index in [0.717, 1.165) is 5.69 Å². The summed E-state index contributed by atoms with van der Waals surface area (Å²) in [5, 5.41) is 19.0. The van der Waals surface area contributed by atoms with Crippen LogP contribution in [0.25, 0.3) is 16.4 Å². The predicted octanol–water partition coefficient (Wildman–Crippen LogP) is 2.54. The summed E-state index contributed by atoms with van der Waals surface area (Å²) in [4.78, 5) is 15.6. The van der Waals surface area contributed by atoms with E-state index < -0.39 is 11.8 Å². The maximum atomic E-state index is 13.4. The molecule has 106 valence electrons. The van der Waals surface area contributed by atoms with Gasteiger partial charge in [0.15, 0.2) is 5.69 Å². The Hall–Kier alpha value is -2.61. The molecular formula is C13H9FN4O2S. The zero-order chi connectivity index (χ0) is 15.0. The summed E-state index contributed by atoms with van der Waals surface area (Å²) in [6.45, 7) is 1.82. The topological polar surface area (TPSA) is 80.9 Å². The van der Waals surface area contributed by atoms with Crippen LogP contribution in [0.5, 0.6) is 0 Å². The lowest BCUT2D eigenvalue weighted by Gasteiger charge is -2.04. The maximum Gasteiger partial charge on any atom is 0.358 e. The fraction of sp³-hybridized carbons (Fsp3) is 0.0769. The van der Waals surface area contributed by atoms with Crippen LogP contribution in [0.3, 0.4) is 0 Å². The zero-order valence-electron chi connectivity index (χ0n) is 10.8. The average Bonchev–Trinajstić information content (AvgIpc) is 3.04. The second kappa shape index (κ2) is 5.06. The zero-order valence-corrected chi connectivity index (χ0v) is 11.6. The number of rotatable bonds is 3. The molecule has 2 heterocycles. The first-order chi connectivity index (χ1) is 10.1. The first-order valence-electron chi connectivity index (χ1n) is 5.93. The molecule has 2 aromatic heterocycles. The van der Waals surface area contributed by atoms with Crippen LogP contribution < -0.4 is 0 Å². The van der Waals surface area contributed by atoms with Gasteiger partial charge >= 0.3 is 5.97 Å². The van der Waals surface area contributed by atoms with Gasteiger partial charge in [-0.1, -0.05) is 17.3 Å². The third kappa shape index (κ3) is 2.40. The molecule has 0 fully saturated rings. The molecule has 0 saturated heterocycles. The van der Waals surface area contributed by atoms with Crippen LogP contribution in [0, 0.1) is 12.7 Å². The lowest BCUT2D eigenvalue weighted by molar-refractivity contribution is 0.0691. The van der Waals surface area contributed by atoms with Gasteiger partial charge in [0.05, 0.1) is 5.69 Å². The van der Waals surface area contributed by atoms with Crippen LogP contribution >= 0.6 is 11.3 Å². The van der Waals surface area contributed by atoms with Gasteiger partial charge in [-0.2, -0.15) is 4.68 Å². The van der Waals surface area contributed by atoms with E-state index in [2.05, 4.69) is 15.3 Å². The molecule has 0 saturated carbocycles. The van der Waals surface area contributed by atoms with Crippen LogP contribution in [0.1, 0.15) is 16.2 Å². The van der Waals surface area contributed by atoms with Crippen molar-refractivity contribution in [1.82, 2.24) is 20.0 Å². The Bertz CT molecular complexity index is 827. The SMILES string of the molecule is Cc1csc(-n2nnc(C(=O)O)c2-c2cccc(F)c2)n1. The molecule has 0 aliphatic carbocycles. The van der Waals surface area contributed by atoms with Crippen molar-refractivity contribution >= 4 is 17.3 Å². The molecule has 0 aliphatic heterocycles. The number of carboxylic acids is 1. The number of nitrogens with zero attached hydrogens (tertiary/aromatic N) is 4. The molecule has 0 radical (unpaired) electrons. The number of benzene rings is 1. The molecular weight excluding hydrogens is 295 g/mol. The third-order valence-electron chi connectivity index (χ3n) is 2.76. The van der Waals surface area contributed by atoms with Crippen LogP contribution in [0.4, 0.5) is 4.39 Å². The maximum absolute atomic E-state index is 13.4. The van der Waals surface area contributed by atoms with E-state index in [1.165, 1.54) is 34.2 Å². The van der Waals surface area contributed by atoms with Crippen molar-refractivity contribution in [2.24, 2.45) is 0 Å². The smallest absolute Gasteiger partial charge is 0.358 e. The molecule has 0 bridgehead atoms. The van der Waals surface area contributed by atoms with Gasteiger partial charge in [0.1, 0.15) is 11.5 Å². The van der Waals surface area contributed by atoms with E-state index >= 15 is 0 Å². The summed E-state index contributed by atoms with van der Waals surface area (Å²) < 4.78 is 14.7. The highest BCUT2D eigenvalue weighted by molar-refractivity contribution is 7.12. The summed E-state index contributed by atoms with van der Waals surface area (Å²) in [6.07, 6.45) is 0. The first kappa shape index (κ1) is 13.4. The van der Waals surface area contributed by atoms with Gasteiger partial charge in [-0.3, -0.25) is 0 Å². The summed E-state index contributed by atoms with van der Waals surface area (Å²) >= 11 is 1.30. The van der Waals surface area contributed by atoms with Crippen molar-refractivity contribution in [3.05, 3.63) is 46.9 Å². The highest BCUT2D eigenvalue weighted by atomic mass is 32.1. The van der Waals surface area contributed by atoms with Crippen molar-refractivity contribution in [2.45, 2.75) is 6.92 Å². The molecule has 0 aliphatic rings. The van der Waals surface area contributed by atoms with Gasteiger partial charge in [-0.05, 0) is 19.1 Å². The molecule has 0 amide bonds. The predicted molar refractivity (Wildman–Crippen MR) is 74.1 cm³/mol. The van der Waals surface area contributed by atoms with Crippen molar-refractivity contribution in [2.75, 3.05) is 0 Å². The highest BCUT2D eigenvalue weighted by Gasteiger charge is 2.23. The molecule has 0 unspecified atom stereocenters. The first-order valence-corrected chi connectivity index (χ1v) is 6.81. The fourth-order valence-corrected chi connectivity index (χ4v) is 2.65. The third-order valence-corrected chi connectivity index (χ3v) is 3.69. The highest BCUT2D eigenvalue weighted by Crippen LogP contribution is 2.27. The van der Waals surface area contributed by atoms with Crippen LogP contribution in [0.2, 0.25) is 0 Å². The number of halogens is 1. The van der Waals surface area contributed by atoms with Gasteiger partial charge in [0.2, 0.25) is 5.13 Å². The van der Waals surface area contributed by atoms with Crippen LogP contribution in [0.15, 0.2) is 29.6 Å². The average molecular weight is 304 g/mol. The van der Waals surface area contributed by atoms with Crippen LogP contribution in [-0.2, 0) is 0 Å². The number of hydrogen-bond acceptors (Lipinski definition) is 5. The minimum absolute atomic E-state index is 0.205. The second-order valence-corrected chi connectivity index (χ2v) is 5.12. The molecule has 1 aromatic carbocycles. The normalized spacial score (nSPS) is 10.8. The monoisotopic (exact) mass is 304 g/mol. The van der Waals surface area contributed by atoms with Crippen molar-refractivity contribution < 1.29 is 14.3 Å². The number of thiazole rings is 1. The van der Waals surface area contributed by atoms with Gasteiger partial charge in [-0.15, -0.1) is 16.4 Å². The number of aryl methyl sites for hydroxylation is 1. The van der Waals surface area contributed by atoms with E-state index in [9.17, 15) is 14.3 Å². The Labute approximate surface area is 122 Å². The molecule has 3 rings (SSSR count). The quantitative estimate of drug-likeness (QED) is 0.804. The number of hydrogen-bond donors (Lipinski definition) is 1. The number of carbonyl (C=O) groups is 1. The van der Waals surface area contributed by atoms with E-state index in [4.69, 9.17) is 0 Å². The second-order valence-electron chi connectivity index (χ2n) is 4.29. The van der Waals surface area contributed by atoms with E-state index in [1.807, 2.05) is 12.3 Å². The minimum atomic E-state index is -1.23. The van der Waals surface area contributed by atoms with Crippen molar-refractivity contribution in [3.63, 3.8) is 0 Å². The molecule has 3 aromatic rings. The standard InChI is InChI=1S/C13H9FN4O2S/c1-7-6-21-13(15-7)18-11(10(12(19)20)16-17-18)8-3-2-4-9(14)5-8/h2-6H,1H3,(H,19,20). The minimum Gasteiger partial charge on any atom is -0.476 e. The molecule has 0 spiro atoms. The van der Waals surface area contributed by atoms with Crippen molar-refractivity contribution in [1.29, 1.82) is 0 Å². The Balaban J connectivity index is 2.25. The molecule has 0 atom stereocenters. The summed E-state index contributed by atoms with van der Waals surface area (Å²) in [7, 11) is 0. The number of carboxylic acid groups (broad SMARTS) is 1. The van der Waals surface area contributed by atoms with E-state index in [1.54, 1.807) is 6.07 Å². The fourth-order valence-electron chi connectivity index (χ4n) is 1.89. The Morgan fingerprint density at radius 3 is 2.86 bits per heavy atom. The summed E-state index contributed by atoms with van der Waals surface area (Å²) in [5.74, 6) is -1.69. The van der Waals surface area contributed by atoms with Gasteiger partial charge in [-0.25, -0.2) is 14.2 Å². The lowest BCUT2D eigenvalue weighted by Crippen LogP contribution is -2.03. The Morgan fingerprint density at radius 1 is 1.43 bits per heavy atom. The summed E-state index contributed by atoms with van der Waals surface area (Å²) in [5.41, 5.74) is 1.13. The number of aromatic nitrogens is 4. The molecule has 8 heteroatoms. The largest absolute Gasteiger partial charge is 0.476 e. The summed E-state index contributed by atoms with van der Waals surface area (Å²) in [6, 6.07) is 5.62. The molecule has 1 N–H and O–H groups in total. The van der Waals surface area contributed by atoms with Crippen LogP contribution in [-0.4, -0.2) is 31.1 Å². The van der Waals surface area contributed by atoms with E-state index in [0.29, 0.717) is 10.7 Å². The lowest BCUT2D eigenvalue weighted by atomic mass is 10.1. The molecule has 6 nitrogen and oxygen atoms in total. The van der Waals surface area contributed by atoms with Crippen molar-refractivity contribution in [3.8, 4) is 16.4 Å². The molecule has 21 heavy (non-hydrogen) atoms.